The molecule has 15 heavy (non-hydrogen) atoms. The molecule has 0 amide bonds. The Hall–Kier alpha value is -0.770. The number of halogens is 1. The molecule has 0 bridgehead atoms. The van der Waals surface area contributed by atoms with Crippen molar-refractivity contribution in [2.45, 2.75) is 38.9 Å². The van der Waals surface area contributed by atoms with Crippen molar-refractivity contribution in [3.05, 3.63) is 16.9 Å². The van der Waals surface area contributed by atoms with Crippen LogP contribution in [0.4, 0.5) is 0 Å². The predicted molar refractivity (Wildman–Crippen MR) is 61.4 cm³/mol. The molecule has 1 fully saturated rings. The lowest BCUT2D eigenvalue weighted by molar-refractivity contribution is 0.215. The van der Waals surface area contributed by atoms with Crippen molar-refractivity contribution in [2.75, 3.05) is 0 Å². The molecular weight excluding hydrogens is 258 g/mol. The first-order valence-corrected chi connectivity index (χ1v) is 5.93. The highest BCUT2D eigenvalue weighted by Crippen LogP contribution is 2.38. The van der Waals surface area contributed by atoms with Gasteiger partial charge in [-0.15, -0.1) is 0 Å². The summed E-state index contributed by atoms with van der Waals surface area (Å²) in [5, 5.41) is 0. The zero-order valence-electron chi connectivity index (χ0n) is 8.87. The summed E-state index contributed by atoms with van der Waals surface area (Å²) in [4.78, 5) is 4.08. The summed E-state index contributed by atoms with van der Waals surface area (Å²) in [5.74, 6) is 1.49. The standard InChI is InChI=1S/C11H14BrNO2/c1-7(2)14-11-9(12)5-13-6-10(11)15-8-3-4-8/h5-8H,3-4H2,1-2H3. The smallest absolute Gasteiger partial charge is 0.181 e. The van der Waals surface area contributed by atoms with Crippen molar-refractivity contribution in [2.24, 2.45) is 0 Å². The van der Waals surface area contributed by atoms with E-state index in [9.17, 15) is 0 Å². The van der Waals surface area contributed by atoms with Crippen molar-refractivity contribution in [3.8, 4) is 11.5 Å². The van der Waals surface area contributed by atoms with Gasteiger partial charge in [0.25, 0.3) is 0 Å². The van der Waals surface area contributed by atoms with Gasteiger partial charge >= 0.3 is 0 Å². The second kappa shape index (κ2) is 4.39. The Balaban J connectivity index is 2.21. The zero-order chi connectivity index (χ0) is 10.8. The molecule has 0 radical (unpaired) electrons. The number of pyridine rings is 1. The van der Waals surface area contributed by atoms with Crippen molar-refractivity contribution in [3.63, 3.8) is 0 Å². The summed E-state index contributed by atoms with van der Waals surface area (Å²) < 4.78 is 12.3. The largest absolute Gasteiger partial charge is 0.486 e. The molecule has 1 aliphatic rings. The van der Waals surface area contributed by atoms with Crippen LogP contribution in [0.3, 0.4) is 0 Å². The van der Waals surface area contributed by atoms with Gasteiger partial charge in [0.2, 0.25) is 0 Å². The minimum Gasteiger partial charge on any atom is -0.486 e. The van der Waals surface area contributed by atoms with Crippen LogP contribution in [0.15, 0.2) is 16.9 Å². The molecule has 0 N–H and O–H groups in total. The maximum absolute atomic E-state index is 5.72. The van der Waals surface area contributed by atoms with Gasteiger partial charge in [0.05, 0.1) is 22.9 Å². The minimum atomic E-state index is 0.130. The first kappa shape index (κ1) is 10.7. The van der Waals surface area contributed by atoms with E-state index in [0.29, 0.717) is 6.10 Å². The van der Waals surface area contributed by atoms with Crippen LogP contribution in [0.2, 0.25) is 0 Å². The molecule has 0 unspecified atom stereocenters. The molecule has 0 aliphatic heterocycles. The molecule has 0 atom stereocenters. The Kier molecular flexibility index (Phi) is 3.14. The summed E-state index contributed by atoms with van der Waals surface area (Å²) in [5.41, 5.74) is 0. The first-order valence-electron chi connectivity index (χ1n) is 5.13. The van der Waals surface area contributed by atoms with Crippen molar-refractivity contribution >= 4 is 15.9 Å². The number of aromatic nitrogens is 1. The Bertz CT molecular complexity index is 350. The number of hydrogen-bond acceptors (Lipinski definition) is 3. The third-order valence-electron chi connectivity index (χ3n) is 1.99. The van der Waals surface area contributed by atoms with Crippen LogP contribution in [0, 0.1) is 0 Å². The van der Waals surface area contributed by atoms with E-state index in [0.717, 1.165) is 28.8 Å². The summed E-state index contributed by atoms with van der Waals surface area (Å²) in [6.45, 7) is 3.99. The fourth-order valence-corrected chi connectivity index (χ4v) is 1.61. The number of ether oxygens (including phenoxy) is 2. The Morgan fingerprint density at radius 1 is 1.40 bits per heavy atom. The first-order chi connectivity index (χ1) is 7.16. The van der Waals surface area contributed by atoms with E-state index in [-0.39, 0.29) is 6.10 Å². The Labute approximate surface area is 97.9 Å². The molecule has 0 spiro atoms. The highest BCUT2D eigenvalue weighted by Gasteiger charge is 2.25. The SMILES string of the molecule is CC(C)Oc1c(Br)cncc1OC1CC1. The summed E-state index contributed by atoms with van der Waals surface area (Å²) in [6.07, 6.45) is 6.18. The second-order valence-electron chi connectivity index (χ2n) is 3.93. The van der Waals surface area contributed by atoms with E-state index in [2.05, 4.69) is 20.9 Å². The molecular formula is C11H14BrNO2. The van der Waals surface area contributed by atoms with Crippen LogP contribution in [-0.2, 0) is 0 Å². The molecule has 3 nitrogen and oxygen atoms in total. The fraction of sp³-hybridized carbons (Fsp3) is 0.545. The van der Waals surface area contributed by atoms with Gasteiger partial charge in [-0.3, -0.25) is 4.98 Å². The third kappa shape index (κ3) is 2.84. The van der Waals surface area contributed by atoms with Gasteiger partial charge < -0.3 is 9.47 Å². The van der Waals surface area contributed by atoms with Crippen LogP contribution in [0.25, 0.3) is 0 Å². The van der Waals surface area contributed by atoms with Gasteiger partial charge in [-0.2, -0.15) is 0 Å². The lowest BCUT2D eigenvalue weighted by Crippen LogP contribution is -2.08. The van der Waals surface area contributed by atoms with E-state index < -0.39 is 0 Å². The minimum absolute atomic E-state index is 0.130. The van der Waals surface area contributed by atoms with Gasteiger partial charge in [0.1, 0.15) is 0 Å². The molecule has 1 aromatic heterocycles. The number of hydrogen-bond donors (Lipinski definition) is 0. The van der Waals surface area contributed by atoms with Crippen LogP contribution in [0.1, 0.15) is 26.7 Å². The maximum atomic E-state index is 5.72. The molecule has 1 aliphatic carbocycles. The summed E-state index contributed by atoms with van der Waals surface area (Å²) in [7, 11) is 0. The van der Waals surface area contributed by atoms with Crippen molar-refractivity contribution in [1.82, 2.24) is 4.98 Å². The second-order valence-corrected chi connectivity index (χ2v) is 4.79. The molecule has 1 aromatic rings. The van der Waals surface area contributed by atoms with Crippen LogP contribution >= 0.6 is 15.9 Å². The van der Waals surface area contributed by atoms with Crippen LogP contribution in [-0.4, -0.2) is 17.2 Å². The quantitative estimate of drug-likeness (QED) is 0.843. The molecule has 1 saturated carbocycles. The lowest BCUT2D eigenvalue weighted by Gasteiger charge is -2.15. The van der Waals surface area contributed by atoms with E-state index in [1.54, 1.807) is 12.4 Å². The van der Waals surface area contributed by atoms with Gasteiger partial charge in [-0.05, 0) is 42.6 Å². The zero-order valence-corrected chi connectivity index (χ0v) is 10.5. The van der Waals surface area contributed by atoms with Crippen LogP contribution < -0.4 is 9.47 Å². The maximum Gasteiger partial charge on any atom is 0.181 e. The predicted octanol–water partition coefficient (Wildman–Crippen LogP) is 3.17. The average molecular weight is 272 g/mol. The van der Waals surface area contributed by atoms with Gasteiger partial charge in [0.15, 0.2) is 11.5 Å². The summed E-state index contributed by atoms with van der Waals surface area (Å²) in [6, 6.07) is 0. The molecule has 82 valence electrons. The van der Waals surface area contributed by atoms with Gasteiger partial charge in [0, 0.05) is 6.20 Å². The van der Waals surface area contributed by atoms with E-state index >= 15 is 0 Å². The molecule has 0 saturated heterocycles. The summed E-state index contributed by atoms with van der Waals surface area (Å²) >= 11 is 3.42. The molecule has 4 heteroatoms. The Morgan fingerprint density at radius 3 is 2.73 bits per heavy atom. The number of rotatable bonds is 4. The van der Waals surface area contributed by atoms with E-state index in [1.807, 2.05) is 13.8 Å². The third-order valence-corrected chi connectivity index (χ3v) is 2.56. The molecule has 0 aromatic carbocycles. The lowest BCUT2D eigenvalue weighted by atomic mass is 10.4. The molecule has 2 rings (SSSR count). The topological polar surface area (TPSA) is 31.4 Å². The van der Waals surface area contributed by atoms with E-state index in [4.69, 9.17) is 9.47 Å². The Morgan fingerprint density at radius 2 is 2.13 bits per heavy atom. The molecule has 1 heterocycles. The van der Waals surface area contributed by atoms with E-state index in [1.165, 1.54) is 0 Å². The monoisotopic (exact) mass is 271 g/mol. The van der Waals surface area contributed by atoms with Gasteiger partial charge in [-0.25, -0.2) is 0 Å². The highest BCUT2D eigenvalue weighted by atomic mass is 79.9. The average Bonchev–Trinajstić information content (AvgIpc) is 2.94. The van der Waals surface area contributed by atoms with Gasteiger partial charge in [-0.1, -0.05) is 0 Å². The highest BCUT2D eigenvalue weighted by molar-refractivity contribution is 9.10. The van der Waals surface area contributed by atoms with Crippen LogP contribution in [0.5, 0.6) is 11.5 Å². The van der Waals surface area contributed by atoms with Crippen molar-refractivity contribution in [1.29, 1.82) is 0 Å². The van der Waals surface area contributed by atoms with Crippen molar-refractivity contribution < 1.29 is 9.47 Å². The number of nitrogens with zero attached hydrogens (tertiary/aromatic N) is 1. The normalized spacial score (nSPS) is 15.5. The fourth-order valence-electron chi connectivity index (χ4n) is 1.20.